The van der Waals surface area contributed by atoms with E-state index in [2.05, 4.69) is 10.6 Å². The van der Waals surface area contributed by atoms with Gasteiger partial charge in [0, 0.05) is 6.54 Å². The molecule has 4 saturated carbocycles. The third kappa shape index (κ3) is 2.18. The Kier molecular flexibility index (Phi) is 3.13. The van der Waals surface area contributed by atoms with Crippen LogP contribution in [0.25, 0.3) is 0 Å². The predicted molar refractivity (Wildman–Crippen MR) is 72.1 cm³/mol. The minimum atomic E-state index is -0.0705. The van der Waals surface area contributed by atoms with E-state index in [1.165, 1.54) is 38.5 Å². The van der Waals surface area contributed by atoms with Crippen LogP contribution in [0.5, 0.6) is 0 Å². The zero-order valence-electron chi connectivity index (χ0n) is 11.7. The topological polar surface area (TPSA) is 41.1 Å². The van der Waals surface area contributed by atoms with Crippen LogP contribution < -0.4 is 10.6 Å². The van der Waals surface area contributed by atoms with Gasteiger partial charge in [-0.15, -0.1) is 0 Å². The molecule has 4 bridgehead atoms. The second-order valence-electron chi connectivity index (χ2n) is 7.15. The summed E-state index contributed by atoms with van der Waals surface area (Å²) in [7, 11) is 1.84. The van der Waals surface area contributed by atoms with Crippen molar-refractivity contribution in [2.24, 2.45) is 23.2 Å². The second kappa shape index (κ2) is 4.52. The first-order chi connectivity index (χ1) is 8.60. The summed E-state index contributed by atoms with van der Waals surface area (Å²) in [6, 6.07) is -0.0705. The molecule has 0 saturated heterocycles. The molecule has 3 heteroatoms. The Morgan fingerprint density at radius 2 is 1.67 bits per heavy atom. The summed E-state index contributed by atoms with van der Waals surface area (Å²) >= 11 is 0. The van der Waals surface area contributed by atoms with Crippen LogP contribution in [0.2, 0.25) is 0 Å². The van der Waals surface area contributed by atoms with Crippen molar-refractivity contribution in [3.63, 3.8) is 0 Å². The number of nitrogens with one attached hydrogen (secondary N) is 2. The molecule has 0 aromatic carbocycles. The third-order valence-corrected chi connectivity index (χ3v) is 5.63. The van der Waals surface area contributed by atoms with Crippen molar-refractivity contribution in [2.75, 3.05) is 13.6 Å². The van der Waals surface area contributed by atoms with Gasteiger partial charge in [0.2, 0.25) is 5.91 Å². The van der Waals surface area contributed by atoms with E-state index in [9.17, 15) is 4.79 Å². The van der Waals surface area contributed by atoms with E-state index in [-0.39, 0.29) is 11.9 Å². The highest BCUT2D eigenvalue weighted by Crippen LogP contribution is 2.59. The summed E-state index contributed by atoms with van der Waals surface area (Å²) in [5.74, 6) is 3.06. The monoisotopic (exact) mass is 250 g/mol. The van der Waals surface area contributed by atoms with Gasteiger partial charge in [0.05, 0.1) is 6.04 Å². The minimum absolute atomic E-state index is 0.0705. The van der Waals surface area contributed by atoms with Crippen LogP contribution in [0.1, 0.15) is 45.4 Å². The number of likely N-dealkylation sites (N-methyl/N-ethyl adjacent to an activating group) is 1. The molecule has 0 aliphatic heterocycles. The van der Waals surface area contributed by atoms with Gasteiger partial charge in [-0.3, -0.25) is 4.79 Å². The van der Waals surface area contributed by atoms with Crippen molar-refractivity contribution < 1.29 is 4.79 Å². The van der Waals surface area contributed by atoms with Gasteiger partial charge in [0.25, 0.3) is 0 Å². The molecule has 102 valence electrons. The van der Waals surface area contributed by atoms with E-state index >= 15 is 0 Å². The lowest BCUT2D eigenvalue weighted by molar-refractivity contribution is -0.124. The van der Waals surface area contributed by atoms with Gasteiger partial charge in [-0.25, -0.2) is 0 Å². The van der Waals surface area contributed by atoms with Crippen LogP contribution in [-0.2, 0) is 4.79 Å². The molecule has 1 unspecified atom stereocenters. The Bertz CT molecular complexity index is 304. The molecule has 0 aromatic rings. The van der Waals surface area contributed by atoms with Crippen molar-refractivity contribution in [1.82, 2.24) is 10.6 Å². The first-order valence-electron chi connectivity index (χ1n) is 7.55. The number of carbonyl (C=O) groups is 1. The molecule has 0 spiro atoms. The van der Waals surface area contributed by atoms with E-state index in [0.29, 0.717) is 5.41 Å². The van der Waals surface area contributed by atoms with Crippen LogP contribution in [0, 0.1) is 23.2 Å². The molecule has 1 atom stereocenters. The molecular formula is C15H26N2O. The smallest absolute Gasteiger partial charge is 0.236 e. The van der Waals surface area contributed by atoms with Crippen LogP contribution in [0.15, 0.2) is 0 Å². The Labute approximate surface area is 110 Å². The van der Waals surface area contributed by atoms with Gasteiger partial charge < -0.3 is 10.6 Å². The zero-order chi connectivity index (χ0) is 12.8. The van der Waals surface area contributed by atoms with Crippen LogP contribution in [0.4, 0.5) is 0 Å². The number of hydrogen-bond donors (Lipinski definition) is 2. The Morgan fingerprint density at radius 1 is 1.17 bits per heavy atom. The molecule has 4 aliphatic carbocycles. The number of amides is 1. The van der Waals surface area contributed by atoms with Gasteiger partial charge >= 0.3 is 0 Å². The van der Waals surface area contributed by atoms with Gasteiger partial charge in [-0.05, 0) is 75.7 Å². The number of carbonyl (C=O) groups excluding carboxylic acids is 1. The van der Waals surface area contributed by atoms with E-state index in [1.54, 1.807) is 0 Å². The maximum atomic E-state index is 11.9. The third-order valence-electron chi connectivity index (χ3n) is 5.63. The molecule has 1 amide bonds. The summed E-state index contributed by atoms with van der Waals surface area (Å²) in [5, 5.41) is 6.20. The molecule has 4 rings (SSSR count). The van der Waals surface area contributed by atoms with E-state index in [4.69, 9.17) is 0 Å². The van der Waals surface area contributed by atoms with E-state index in [0.717, 1.165) is 24.3 Å². The van der Waals surface area contributed by atoms with Crippen molar-refractivity contribution in [3.8, 4) is 0 Å². The lowest BCUT2D eigenvalue weighted by atomic mass is 9.49. The highest BCUT2D eigenvalue weighted by molar-refractivity contribution is 5.81. The fourth-order valence-electron chi connectivity index (χ4n) is 5.07. The molecule has 4 fully saturated rings. The van der Waals surface area contributed by atoms with Crippen molar-refractivity contribution in [2.45, 2.75) is 51.5 Å². The van der Waals surface area contributed by atoms with Gasteiger partial charge in [-0.1, -0.05) is 0 Å². The van der Waals surface area contributed by atoms with E-state index in [1.807, 2.05) is 14.0 Å². The van der Waals surface area contributed by atoms with E-state index < -0.39 is 0 Å². The summed E-state index contributed by atoms with van der Waals surface area (Å²) in [5.41, 5.74) is 0.456. The highest BCUT2D eigenvalue weighted by Gasteiger charge is 2.50. The average Bonchev–Trinajstić information content (AvgIpc) is 2.33. The molecule has 0 heterocycles. The summed E-state index contributed by atoms with van der Waals surface area (Å²) in [6.45, 7) is 2.84. The molecule has 0 aromatic heterocycles. The first kappa shape index (κ1) is 12.5. The van der Waals surface area contributed by atoms with Crippen LogP contribution in [0.3, 0.4) is 0 Å². The molecule has 3 nitrogen and oxygen atoms in total. The standard InChI is InChI=1S/C15H26N2O/c1-10(16-2)14(18)17-9-15-6-11-3-12(7-15)5-13(4-11)8-15/h10-13,16H,3-9H2,1-2H3,(H,17,18). The van der Waals surface area contributed by atoms with Gasteiger partial charge in [0.15, 0.2) is 0 Å². The summed E-state index contributed by atoms with van der Waals surface area (Å²) in [6.07, 6.45) is 8.52. The predicted octanol–water partition coefficient (Wildman–Crippen LogP) is 1.93. The Hall–Kier alpha value is -0.570. The van der Waals surface area contributed by atoms with Crippen molar-refractivity contribution in [3.05, 3.63) is 0 Å². The first-order valence-corrected chi connectivity index (χ1v) is 7.55. The Balaban J connectivity index is 1.61. The van der Waals surface area contributed by atoms with Gasteiger partial charge in [-0.2, -0.15) is 0 Å². The lowest BCUT2D eigenvalue weighted by Crippen LogP contribution is -2.52. The zero-order valence-corrected chi connectivity index (χ0v) is 11.7. The fraction of sp³-hybridized carbons (Fsp3) is 0.933. The number of hydrogen-bond acceptors (Lipinski definition) is 2. The van der Waals surface area contributed by atoms with Crippen molar-refractivity contribution in [1.29, 1.82) is 0 Å². The largest absolute Gasteiger partial charge is 0.354 e. The normalized spacial score (nSPS) is 42.9. The minimum Gasteiger partial charge on any atom is -0.354 e. The Morgan fingerprint density at radius 3 is 2.11 bits per heavy atom. The SMILES string of the molecule is CNC(C)C(=O)NCC12CC3CC(CC(C3)C1)C2. The molecule has 0 radical (unpaired) electrons. The molecule has 18 heavy (non-hydrogen) atoms. The highest BCUT2D eigenvalue weighted by atomic mass is 16.2. The fourth-order valence-corrected chi connectivity index (χ4v) is 5.07. The average molecular weight is 250 g/mol. The molecule has 2 N–H and O–H groups in total. The van der Waals surface area contributed by atoms with Crippen molar-refractivity contribution >= 4 is 5.91 Å². The second-order valence-corrected chi connectivity index (χ2v) is 7.15. The van der Waals surface area contributed by atoms with Gasteiger partial charge in [0.1, 0.15) is 0 Å². The molecule has 4 aliphatic rings. The summed E-state index contributed by atoms with van der Waals surface area (Å²) in [4.78, 5) is 11.9. The van der Waals surface area contributed by atoms with Crippen LogP contribution in [-0.4, -0.2) is 25.5 Å². The van der Waals surface area contributed by atoms with Crippen LogP contribution >= 0.6 is 0 Å². The number of rotatable bonds is 4. The lowest BCUT2D eigenvalue weighted by Gasteiger charge is -2.57. The summed E-state index contributed by atoms with van der Waals surface area (Å²) < 4.78 is 0. The molecular weight excluding hydrogens is 224 g/mol. The maximum Gasteiger partial charge on any atom is 0.236 e. The maximum absolute atomic E-state index is 11.9. The quantitative estimate of drug-likeness (QED) is 0.800.